The fraction of sp³-hybridized carbons (Fsp3) is 0.250. The molecular weight excluding hydrogens is 220 g/mol. The summed E-state index contributed by atoms with van der Waals surface area (Å²) in [6, 6.07) is 0. The van der Waals surface area contributed by atoms with Crippen molar-refractivity contribution < 1.29 is 4.74 Å². The maximum absolute atomic E-state index is 5.19. The maximum atomic E-state index is 5.19. The van der Waals surface area contributed by atoms with Crippen molar-refractivity contribution in [2.75, 3.05) is 7.11 Å². The van der Waals surface area contributed by atoms with Crippen LogP contribution in [0.3, 0.4) is 0 Å². The van der Waals surface area contributed by atoms with Crippen LogP contribution in [0.4, 0.5) is 0 Å². The predicted octanol–water partition coefficient (Wildman–Crippen LogP) is 2.53. The molecule has 2 rings (SSSR count). The molecule has 0 saturated heterocycles. The molecule has 0 fully saturated rings. The molecule has 2 aliphatic rings. The fourth-order valence-electron chi connectivity index (χ4n) is 1.15. The molecule has 0 spiro atoms. The van der Waals surface area contributed by atoms with E-state index in [-0.39, 0.29) is 6.10 Å². The second-order valence-corrected chi connectivity index (χ2v) is 3.45. The molecule has 4 heteroatoms. The van der Waals surface area contributed by atoms with Gasteiger partial charge in [-0.05, 0) is 12.2 Å². The lowest BCUT2D eigenvalue weighted by Crippen LogP contribution is -2.11. The quantitative estimate of drug-likeness (QED) is 0.677. The van der Waals surface area contributed by atoms with E-state index in [9.17, 15) is 0 Å². The number of methoxy groups -OCH3 is 1. The van der Waals surface area contributed by atoms with Crippen molar-refractivity contribution in [1.29, 1.82) is 0 Å². The van der Waals surface area contributed by atoms with Crippen molar-refractivity contribution in [3.05, 3.63) is 34.1 Å². The Morgan fingerprint density at radius 1 is 1.58 bits per heavy atom. The number of fused-ring (bicyclic) bond motifs is 1. The summed E-state index contributed by atoms with van der Waals surface area (Å²) in [6.45, 7) is 0. The van der Waals surface area contributed by atoms with E-state index in [4.69, 9.17) is 4.74 Å². The Hall–Kier alpha value is -0.740. The molecule has 1 aliphatic heterocycles. The Balaban J connectivity index is 2.36. The number of nitrogens with zero attached hydrogens (tertiary/aromatic N) is 2. The van der Waals surface area contributed by atoms with Gasteiger partial charge >= 0.3 is 0 Å². The zero-order valence-corrected chi connectivity index (χ0v) is 8.08. The lowest BCUT2D eigenvalue weighted by molar-refractivity contribution is 0.174. The topological polar surface area (TPSA) is 34.0 Å². The number of hydrogen-bond acceptors (Lipinski definition) is 3. The van der Waals surface area contributed by atoms with Gasteiger partial charge in [0.1, 0.15) is 6.10 Å². The third-order valence-electron chi connectivity index (χ3n) is 1.79. The van der Waals surface area contributed by atoms with Crippen LogP contribution in [0, 0.1) is 0 Å². The van der Waals surface area contributed by atoms with Crippen LogP contribution in [0.25, 0.3) is 0 Å². The van der Waals surface area contributed by atoms with Gasteiger partial charge in [-0.15, -0.1) is 0 Å². The van der Waals surface area contributed by atoms with E-state index in [1.165, 1.54) is 0 Å². The SMILES string of the molecule is CO[C@@H]1C=C2N=NC=C2C=C1Br. The molecule has 62 valence electrons. The normalized spacial score (nSPS) is 26.2. The van der Waals surface area contributed by atoms with Crippen LogP contribution in [-0.4, -0.2) is 13.2 Å². The molecule has 1 aliphatic carbocycles. The van der Waals surface area contributed by atoms with Crippen LogP contribution in [0.1, 0.15) is 0 Å². The first kappa shape index (κ1) is 7.89. The Morgan fingerprint density at radius 3 is 3.17 bits per heavy atom. The Bertz CT molecular complexity index is 328. The minimum absolute atomic E-state index is 0.0193. The predicted molar refractivity (Wildman–Crippen MR) is 48.8 cm³/mol. The van der Waals surface area contributed by atoms with E-state index < -0.39 is 0 Å². The second kappa shape index (κ2) is 2.95. The third kappa shape index (κ3) is 1.17. The molecule has 1 atom stereocenters. The van der Waals surface area contributed by atoms with Crippen LogP contribution in [0.15, 0.2) is 44.3 Å². The van der Waals surface area contributed by atoms with Gasteiger partial charge in [-0.2, -0.15) is 10.2 Å². The molecular formula is C8H7BrN2O. The molecule has 0 bridgehead atoms. The first-order valence-electron chi connectivity index (χ1n) is 3.54. The molecule has 12 heavy (non-hydrogen) atoms. The third-order valence-corrected chi connectivity index (χ3v) is 2.47. The van der Waals surface area contributed by atoms with Crippen LogP contribution in [0.2, 0.25) is 0 Å². The van der Waals surface area contributed by atoms with E-state index in [1.54, 1.807) is 13.3 Å². The molecule has 3 nitrogen and oxygen atoms in total. The molecule has 0 unspecified atom stereocenters. The highest BCUT2D eigenvalue weighted by Gasteiger charge is 2.19. The summed E-state index contributed by atoms with van der Waals surface area (Å²) in [5.74, 6) is 0. The highest BCUT2D eigenvalue weighted by Crippen LogP contribution is 2.31. The van der Waals surface area contributed by atoms with E-state index in [0.29, 0.717) is 0 Å². The summed E-state index contributed by atoms with van der Waals surface area (Å²) in [7, 11) is 1.66. The smallest absolute Gasteiger partial charge is 0.109 e. The van der Waals surface area contributed by atoms with Gasteiger partial charge in [0.25, 0.3) is 0 Å². The summed E-state index contributed by atoms with van der Waals surface area (Å²) in [6.07, 6.45) is 5.63. The summed E-state index contributed by atoms with van der Waals surface area (Å²) in [4.78, 5) is 0. The Kier molecular flexibility index (Phi) is 1.94. The highest BCUT2D eigenvalue weighted by molar-refractivity contribution is 9.11. The van der Waals surface area contributed by atoms with Crippen LogP contribution in [-0.2, 0) is 4.74 Å². The van der Waals surface area contributed by atoms with Crippen molar-refractivity contribution in [2.24, 2.45) is 10.2 Å². The van der Waals surface area contributed by atoms with Gasteiger partial charge in [0.2, 0.25) is 0 Å². The lowest BCUT2D eigenvalue weighted by Gasteiger charge is -2.15. The zero-order chi connectivity index (χ0) is 8.55. The minimum Gasteiger partial charge on any atom is -0.372 e. The van der Waals surface area contributed by atoms with Gasteiger partial charge in [0.05, 0.1) is 11.9 Å². The average Bonchev–Trinajstić information content (AvgIpc) is 2.49. The molecule has 0 saturated carbocycles. The summed E-state index contributed by atoms with van der Waals surface area (Å²) >= 11 is 3.42. The Morgan fingerprint density at radius 2 is 2.42 bits per heavy atom. The zero-order valence-electron chi connectivity index (χ0n) is 6.49. The van der Waals surface area contributed by atoms with Gasteiger partial charge in [-0.3, -0.25) is 0 Å². The molecule has 1 heterocycles. The van der Waals surface area contributed by atoms with Crippen molar-refractivity contribution in [3.8, 4) is 0 Å². The first-order chi connectivity index (χ1) is 5.81. The van der Waals surface area contributed by atoms with Crippen molar-refractivity contribution >= 4 is 15.9 Å². The molecule has 0 radical (unpaired) electrons. The van der Waals surface area contributed by atoms with Crippen LogP contribution >= 0.6 is 15.9 Å². The van der Waals surface area contributed by atoms with Crippen molar-refractivity contribution in [3.63, 3.8) is 0 Å². The Labute approximate surface area is 78.6 Å². The number of rotatable bonds is 1. The van der Waals surface area contributed by atoms with Crippen molar-refractivity contribution in [2.45, 2.75) is 6.10 Å². The van der Waals surface area contributed by atoms with Gasteiger partial charge < -0.3 is 4.74 Å². The lowest BCUT2D eigenvalue weighted by atomic mass is 10.1. The molecule has 0 amide bonds. The van der Waals surface area contributed by atoms with Gasteiger partial charge in [0, 0.05) is 17.2 Å². The second-order valence-electron chi connectivity index (χ2n) is 2.54. The van der Waals surface area contributed by atoms with Gasteiger partial charge in [0.15, 0.2) is 0 Å². The van der Waals surface area contributed by atoms with E-state index in [0.717, 1.165) is 15.8 Å². The molecule has 0 N–H and O–H groups in total. The van der Waals surface area contributed by atoms with E-state index in [1.807, 2.05) is 12.2 Å². The number of allylic oxidation sites excluding steroid dienone is 1. The monoisotopic (exact) mass is 226 g/mol. The van der Waals surface area contributed by atoms with E-state index in [2.05, 4.69) is 26.2 Å². The number of halogens is 1. The fourth-order valence-corrected chi connectivity index (χ4v) is 1.72. The maximum Gasteiger partial charge on any atom is 0.109 e. The van der Waals surface area contributed by atoms with Gasteiger partial charge in [-0.1, -0.05) is 15.9 Å². The number of hydrogen-bond donors (Lipinski definition) is 0. The van der Waals surface area contributed by atoms with Crippen molar-refractivity contribution in [1.82, 2.24) is 0 Å². The standard InChI is InChI=1S/C8H7BrN2O/c1-12-8-3-7-5(2-6(8)9)4-10-11-7/h2-4,8H,1H3/t8-/m1/s1. The summed E-state index contributed by atoms with van der Waals surface area (Å²) in [5.41, 5.74) is 1.93. The number of ether oxygens (including phenoxy) is 1. The first-order valence-corrected chi connectivity index (χ1v) is 4.33. The van der Waals surface area contributed by atoms with Crippen LogP contribution in [0.5, 0.6) is 0 Å². The van der Waals surface area contributed by atoms with Crippen LogP contribution < -0.4 is 0 Å². The minimum atomic E-state index is -0.0193. The van der Waals surface area contributed by atoms with Gasteiger partial charge in [-0.25, -0.2) is 0 Å². The van der Waals surface area contributed by atoms with E-state index >= 15 is 0 Å². The molecule has 0 aromatic rings. The number of azo groups is 1. The summed E-state index contributed by atoms with van der Waals surface area (Å²) < 4.78 is 6.20. The average molecular weight is 227 g/mol. The largest absolute Gasteiger partial charge is 0.372 e. The summed E-state index contributed by atoms with van der Waals surface area (Å²) in [5, 5.41) is 7.74. The molecule has 0 aromatic heterocycles. The molecule has 0 aromatic carbocycles. The highest BCUT2D eigenvalue weighted by atomic mass is 79.9.